The quantitative estimate of drug-likeness (QED) is 0.870. The summed E-state index contributed by atoms with van der Waals surface area (Å²) in [7, 11) is 0. The molecule has 0 aliphatic carbocycles. The van der Waals surface area contributed by atoms with Crippen LogP contribution >= 0.6 is 15.9 Å². The Labute approximate surface area is 91.8 Å². The maximum atomic E-state index is 13.3. The summed E-state index contributed by atoms with van der Waals surface area (Å²) < 4.78 is 14.1. The topological polar surface area (TPSA) is 38.0 Å². The summed E-state index contributed by atoms with van der Waals surface area (Å²) >= 11 is 3.31. The molecule has 0 radical (unpaired) electrons. The van der Waals surface area contributed by atoms with E-state index in [1.54, 1.807) is 6.07 Å². The molecule has 14 heavy (non-hydrogen) atoms. The van der Waals surface area contributed by atoms with E-state index >= 15 is 0 Å². The number of hydrogen-bond acceptors (Lipinski definition) is 2. The normalized spacial score (nSPS) is 12.9. The smallest absolute Gasteiger partial charge is 0.128 e. The number of nitrogens with two attached hydrogens (primary N) is 1. The molecule has 0 bridgehead atoms. The Morgan fingerprint density at radius 1 is 1.57 bits per heavy atom. The summed E-state index contributed by atoms with van der Waals surface area (Å²) in [6.45, 7) is 3.01. The Hall–Kier alpha value is -0.450. The predicted molar refractivity (Wildman–Crippen MR) is 59.5 cm³/mol. The third-order valence-electron chi connectivity index (χ3n) is 2.04. The molecule has 0 unspecified atom stereocenters. The average molecular weight is 261 g/mol. The van der Waals surface area contributed by atoms with Crippen LogP contribution in [0.3, 0.4) is 0 Å². The minimum Gasteiger partial charge on any atom is -0.329 e. The molecule has 0 spiro atoms. The van der Waals surface area contributed by atoms with Crippen molar-refractivity contribution in [2.24, 2.45) is 5.73 Å². The van der Waals surface area contributed by atoms with Crippen molar-refractivity contribution < 1.29 is 4.39 Å². The van der Waals surface area contributed by atoms with Crippen molar-refractivity contribution in [3.63, 3.8) is 0 Å². The standard InChI is InChI=1S/C10H14BrFN2/c1-7(5-13)14-6-8-9(11)3-2-4-10(8)12/h2-4,7,14H,5-6,13H2,1H3/t7-/m0/s1. The molecule has 1 aromatic carbocycles. The highest BCUT2D eigenvalue weighted by atomic mass is 79.9. The monoisotopic (exact) mass is 260 g/mol. The van der Waals surface area contributed by atoms with Gasteiger partial charge in [0.05, 0.1) is 0 Å². The number of hydrogen-bond donors (Lipinski definition) is 2. The average Bonchev–Trinajstić information content (AvgIpc) is 2.16. The Balaban J connectivity index is 2.66. The van der Waals surface area contributed by atoms with E-state index in [0.29, 0.717) is 18.7 Å². The summed E-state index contributed by atoms with van der Waals surface area (Å²) in [5.41, 5.74) is 6.09. The zero-order chi connectivity index (χ0) is 10.6. The highest BCUT2D eigenvalue weighted by Gasteiger charge is 2.06. The number of rotatable bonds is 4. The van der Waals surface area contributed by atoms with Crippen LogP contribution < -0.4 is 11.1 Å². The lowest BCUT2D eigenvalue weighted by atomic mass is 10.2. The molecule has 0 fully saturated rings. The second-order valence-electron chi connectivity index (χ2n) is 3.22. The van der Waals surface area contributed by atoms with Gasteiger partial charge in [-0.15, -0.1) is 0 Å². The minimum atomic E-state index is -0.198. The first-order valence-corrected chi connectivity index (χ1v) is 5.30. The minimum absolute atomic E-state index is 0.196. The lowest BCUT2D eigenvalue weighted by molar-refractivity contribution is 0.532. The van der Waals surface area contributed by atoms with E-state index in [1.807, 2.05) is 13.0 Å². The first kappa shape index (κ1) is 11.6. The van der Waals surface area contributed by atoms with Crippen molar-refractivity contribution >= 4 is 15.9 Å². The van der Waals surface area contributed by atoms with Gasteiger partial charge in [0, 0.05) is 29.2 Å². The van der Waals surface area contributed by atoms with Crippen molar-refractivity contribution in [1.29, 1.82) is 0 Å². The molecule has 78 valence electrons. The molecular weight excluding hydrogens is 247 g/mol. The van der Waals surface area contributed by atoms with Crippen molar-refractivity contribution in [1.82, 2.24) is 5.32 Å². The Morgan fingerprint density at radius 2 is 2.29 bits per heavy atom. The fourth-order valence-electron chi connectivity index (χ4n) is 1.06. The molecule has 1 atom stereocenters. The second-order valence-corrected chi connectivity index (χ2v) is 4.07. The predicted octanol–water partition coefficient (Wildman–Crippen LogP) is 2.02. The molecular formula is C10H14BrFN2. The highest BCUT2D eigenvalue weighted by Crippen LogP contribution is 2.19. The summed E-state index contributed by atoms with van der Waals surface area (Å²) in [5, 5.41) is 3.14. The van der Waals surface area contributed by atoms with Crippen LogP contribution in [0, 0.1) is 5.82 Å². The van der Waals surface area contributed by atoms with Gasteiger partial charge in [0.1, 0.15) is 5.82 Å². The molecule has 4 heteroatoms. The van der Waals surface area contributed by atoms with E-state index in [-0.39, 0.29) is 11.9 Å². The zero-order valence-electron chi connectivity index (χ0n) is 8.06. The maximum absolute atomic E-state index is 13.3. The Kier molecular flexibility index (Phi) is 4.51. The van der Waals surface area contributed by atoms with Gasteiger partial charge in [-0.1, -0.05) is 22.0 Å². The molecule has 0 heterocycles. The molecule has 2 nitrogen and oxygen atoms in total. The number of benzene rings is 1. The van der Waals surface area contributed by atoms with Crippen LogP contribution in [-0.2, 0) is 6.54 Å². The molecule has 0 saturated heterocycles. The lowest BCUT2D eigenvalue weighted by Crippen LogP contribution is -2.32. The molecule has 0 saturated carbocycles. The SMILES string of the molecule is C[C@@H](CN)NCc1c(F)cccc1Br. The first-order chi connectivity index (χ1) is 6.65. The van der Waals surface area contributed by atoms with Gasteiger partial charge in [-0.2, -0.15) is 0 Å². The van der Waals surface area contributed by atoms with E-state index < -0.39 is 0 Å². The van der Waals surface area contributed by atoms with Crippen molar-refractivity contribution in [2.45, 2.75) is 19.5 Å². The second kappa shape index (κ2) is 5.44. The van der Waals surface area contributed by atoms with Crippen LogP contribution in [0.2, 0.25) is 0 Å². The van der Waals surface area contributed by atoms with Crippen LogP contribution in [0.5, 0.6) is 0 Å². The van der Waals surface area contributed by atoms with E-state index in [2.05, 4.69) is 21.2 Å². The van der Waals surface area contributed by atoms with E-state index in [9.17, 15) is 4.39 Å². The molecule has 0 amide bonds. The van der Waals surface area contributed by atoms with Crippen molar-refractivity contribution in [2.75, 3.05) is 6.54 Å². The summed E-state index contributed by atoms with van der Waals surface area (Å²) in [5.74, 6) is -0.198. The van der Waals surface area contributed by atoms with Gasteiger partial charge < -0.3 is 11.1 Å². The van der Waals surface area contributed by atoms with Gasteiger partial charge in [-0.05, 0) is 19.1 Å². The molecule has 0 aliphatic heterocycles. The van der Waals surface area contributed by atoms with Crippen molar-refractivity contribution in [3.8, 4) is 0 Å². The van der Waals surface area contributed by atoms with Crippen LogP contribution in [0.15, 0.2) is 22.7 Å². The summed E-state index contributed by atoms with van der Waals surface area (Å²) in [6, 6.07) is 5.15. The fourth-order valence-corrected chi connectivity index (χ4v) is 1.54. The first-order valence-electron chi connectivity index (χ1n) is 4.51. The van der Waals surface area contributed by atoms with Gasteiger partial charge >= 0.3 is 0 Å². The zero-order valence-corrected chi connectivity index (χ0v) is 9.64. The van der Waals surface area contributed by atoms with Gasteiger partial charge in [-0.25, -0.2) is 4.39 Å². The van der Waals surface area contributed by atoms with Gasteiger partial charge in [-0.3, -0.25) is 0 Å². The fraction of sp³-hybridized carbons (Fsp3) is 0.400. The van der Waals surface area contributed by atoms with E-state index in [4.69, 9.17) is 5.73 Å². The lowest BCUT2D eigenvalue weighted by Gasteiger charge is -2.12. The number of nitrogens with one attached hydrogen (secondary N) is 1. The van der Waals surface area contributed by atoms with E-state index in [0.717, 1.165) is 4.47 Å². The van der Waals surface area contributed by atoms with Crippen LogP contribution in [0.25, 0.3) is 0 Å². The molecule has 0 aromatic heterocycles. The summed E-state index contributed by atoms with van der Waals surface area (Å²) in [4.78, 5) is 0. The number of halogens is 2. The van der Waals surface area contributed by atoms with E-state index in [1.165, 1.54) is 6.07 Å². The maximum Gasteiger partial charge on any atom is 0.128 e. The third-order valence-corrected chi connectivity index (χ3v) is 2.79. The van der Waals surface area contributed by atoms with Crippen LogP contribution in [-0.4, -0.2) is 12.6 Å². The van der Waals surface area contributed by atoms with Gasteiger partial charge in [0.2, 0.25) is 0 Å². The molecule has 1 aromatic rings. The summed E-state index contributed by atoms with van der Waals surface area (Å²) in [6.07, 6.45) is 0. The van der Waals surface area contributed by atoms with Crippen molar-refractivity contribution in [3.05, 3.63) is 34.1 Å². The largest absolute Gasteiger partial charge is 0.329 e. The van der Waals surface area contributed by atoms with Gasteiger partial charge in [0.15, 0.2) is 0 Å². The van der Waals surface area contributed by atoms with Gasteiger partial charge in [0.25, 0.3) is 0 Å². The molecule has 1 rings (SSSR count). The van der Waals surface area contributed by atoms with Crippen LogP contribution in [0.1, 0.15) is 12.5 Å². The molecule has 0 aliphatic rings. The van der Waals surface area contributed by atoms with Crippen LogP contribution in [0.4, 0.5) is 4.39 Å². The third kappa shape index (κ3) is 3.04. The Bertz CT molecular complexity index is 284. The molecule has 3 N–H and O–H groups in total. The Morgan fingerprint density at radius 3 is 2.86 bits per heavy atom. The highest BCUT2D eigenvalue weighted by molar-refractivity contribution is 9.10.